The number of aromatic carboxylic acids is 1. The van der Waals surface area contributed by atoms with Gasteiger partial charge in [0.1, 0.15) is 0 Å². The van der Waals surface area contributed by atoms with Gasteiger partial charge in [-0.3, -0.25) is 4.79 Å². The van der Waals surface area contributed by atoms with E-state index in [0.29, 0.717) is 0 Å². The van der Waals surface area contributed by atoms with Gasteiger partial charge in [0, 0.05) is 6.54 Å². The zero-order valence-corrected chi connectivity index (χ0v) is 15.9. The van der Waals surface area contributed by atoms with Gasteiger partial charge in [0.25, 0.3) is 0 Å². The van der Waals surface area contributed by atoms with E-state index in [9.17, 15) is 9.59 Å². The summed E-state index contributed by atoms with van der Waals surface area (Å²) in [5.41, 5.74) is 1.76. The Kier molecular flexibility index (Phi) is 5.18. The van der Waals surface area contributed by atoms with Gasteiger partial charge in [-0.2, -0.15) is 0 Å². The van der Waals surface area contributed by atoms with Crippen molar-refractivity contribution in [2.45, 2.75) is 37.1 Å². The predicted octanol–water partition coefficient (Wildman–Crippen LogP) is 3.37. The van der Waals surface area contributed by atoms with Crippen molar-refractivity contribution >= 4 is 11.9 Å². The lowest BCUT2D eigenvalue weighted by molar-refractivity contribution is -0.124. The first-order chi connectivity index (χ1) is 13.6. The van der Waals surface area contributed by atoms with Crippen molar-refractivity contribution in [1.29, 1.82) is 0 Å². The average Bonchev–Trinajstić information content (AvgIpc) is 3.38. The summed E-state index contributed by atoms with van der Waals surface area (Å²) in [5, 5.41) is 12.4. The van der Waals surface area contributed by atoms with E-state index in [2.05, 4.69) is 22.3 Å². The summed E-state index contributed by atoms with van der Waals surface area (Å²) in [5.74, 6) is -0.903. The highest BCUT2D eigenvalue weighted by Gasteiger charge is 2.51. The molecule has 1 aliphatic heterocycles. The van der Waals surface area contributed by atoms with Crippen LogP contribution in [0.3, 0.4) is 0 Å². The molecule has 2 aromatic rings. The molecule has 1 aliphatic carbocycles. The normalized spacial score (nSPS) is 19.1. The lowest BCUT2D eigenvalue weighted by atomic mass is 9.93. The molecule has 0 radical (unpaired) electrons. The van der Waals surface area contributed by atoms with Gasteiger partial charge in [-0.1, -0.05) is 42.5 Å². The quantitative estimate of drug-likeness (QED) is 0.775. The molecule has 28 heavy (non-hydrogen) atoms. The summed E-state index contributed by atoms with van der Waals surface area (Å²) in [4.78, 5) is 26.8. The zero-order chi connectivity index (χ0) is 19.6. The van der Waals surface area contributed by atoms with E-state index in [1.54, 1.807) is 24.3 Å². The molecule has 0 aromatic heterocycles. The number of hydrogen-bond acceptors (Lipinski definition) is 3. The lowest BCUT2D eigenvalue weighted by Crippen LogP contribution is -2.41. The fourth-order valence-corrected chi connectivity index (χ4v) is 4.14. The maximum Gasteiger partial charge on any atom is 0.335 e. The van der Waals surface area contributed by atoms with Crippen molar-refractivity contribution in [3.8, 4) is 0 Å². The molecule has 1 amide bonds. The van der Waals surface area contributed by atoms with Crippen LogP contribution in [0.5, 0.6) is 0 Å². The smallest absolute Gasteiger partial charge is 0.335 e. The molecule has 0 spiro atoms. The van der Waals surface area contributed by atoms with E-state index in [-0.39, 0.29) is 17.5 Å². The van der Waals surface area contributed by atoms with E-state index in [0.717, 1.165) is 43.6 Å². The van der Waals surface area contributed by atoms with E-state index in [1.807, 2.05) is 18.2 Å². The van der Waals surface area contributed by atoms with Crippen molar-refractivity contribution in [2.24, 2.45) is 0 Å². The molecule has 4 rings (SSSR count). The van der Waals surface area contributed by atoms with Crippen LogP contribution in [-0.2, 0) is 10.2 Å². The van der Waals surface area contributed by atoms with Crippen molar-refractivity contribution in [3.63, 3.8) is 0 Å². The Morgan fingerprint density at radius 3 is 2.21 bits per heavy atom. The number of likely N-dealkylation sites (tertiary alicyclic amines) is 1. The highest BCUT2D eigenvalue weighted by molar-refractivity contribution is 5.92. The van der Waals surface area contributed by atoms with E-state index >= 15 is 0 Å². The number of benzene rings is 2. The molecular weight excluding hydrogens is 352 g/mol. The Labute approximate surface area is 165 Å². The molecule has 0 bridgehead atoms. The number of carbonyl (C=O) groups excluding carboxylic acids is 1. The Bertz CT molecular complexity index is 838. The molecule has 5 nitrogen and oxygen atoms in total. The first kappa shape index (κ1) is 18.7. The van der Waals surface area contributed by atoms with E-state index < -0.39 is 11.4 Å². The van der Waals surface area contributed by atoms with Gasteiger partial charge in [0.15, 0.2) is 0 Å². The third-order valence-corrected chi connectivity index (χ3v) is 6.02. The molecule has 1 saturated heterocycles. The molecule has 1 atom stereocenters. The molecule has 1 saturated carbocycles. The summed E-state index contributed by atoms with van der Waals surface area (Å²) in [6, 6.07) is 16.9. The minimum atomic E-state index is -0.949. The topological polar surface area (TPSA) is 69.6 Å². The molecule has 2 N–H and O–H groups in total. The molecule has 2 aromatic carbocycles. The highest BCUT2D eigenvalue weighted by atomic mass is 16.4. The van der Waals surface area contributed by atoms with Crippen LogP contribution in [-0.4, -0.2) is 41.5 Å². The molecule has 1 heterocycles. The van der Waals surface area contributed by atoms with Gasteiger partial charge in [0.05, 0.1) is 17.0 Å². The molecule has 146 valence electrons. The summed E-state index contributed by atoms with van der Waals surface area (Å²) in [6.07, 6.45) is 4.04. The van der Waals surface area contributed by atoms with Crippen LogP contribution in [0.1, 0.15) is 53.2 Å². The second-order valence-electron chi connectivity index (χ2n) is 7.91. The van der Waals surface area contributed by atoms with E-state index in [1.165, 1.54) is 12.8 Å². The SMILES string of the molecule is O=C(O)c1ccc(C2(C(=O)N[C@H](CN3CCCC3)c3ccccc3)CC2)cc1. The highest BCUT2D eigenvalue weighted by Crippen LogP contribution is 2.48. The number of rotatable bonds is 7. The van der Waals surface area contributed by atoms with Crippen LogP contribution in [0.25, 0.3) is 0 Å². The minimum Gasteiger partial charge on any atom is -0.478 e. The molecule has 5 heteroatoms. The fourth-order valence-electron chi connectivity index (χ4n) is 4.14. The van der Waals surface area contributed by atoms with Crippen LogP contribution in [0.2, 0.25) is 0 Å². The summed E-state index contributed by atoms with van der Waals surface area (Å²) >= 11 is 0. The fraction of sp³-hybridized carbons (Fsp3) is 0.391. The predicted molar refractivity (Wildman–Crippen MR) is 107 cm³/mol. The minimum absolute atomic E-state index is 0.0393. The standard InChI is InChI=1S/C23H26N2O3/c26-21(27)18-8-10-19(11-9-18)23(12-13-23)22(28)24-20(16-25-14-4-5-15-25)17-6-2-1-3-7-17/h1-3,6-11,20H,4-5,12-16H2,(H,24,28)(H,26,27)/t20-/m1/s1. The van der Waals surface area contributed by atoms with Crippen LogP contribution >= 0.6 is 0 Å². The molecule has 2 aliphatic rings. The Balaban J connectivity index is 1.52. The molecule has 0 unspecified atom stereocenters. The van der Waals surface area contributed by atoms with Crippen LogP contribution < -0.4 is 5.32 Å². The van der Waals surface area contributed by atoms with Crippen LogP contribution in [0, 0.1) is 0 Å². The summed E-state index contributed by atoms with van der Waals surface area (Å²) in [6.45, 7) is 2.99. The van der Waals surface area contributed by atoms with Crippen molar-refractivity contribution in [2.75, 3.05) is 19.6 Å². The number of carbonyl (C=O) groups is 2. The Morgan fingerprint density at radius 1 is 1.00 bits per heavy atom. The first-order valence-corrected chi connectivity index (χ1v) is 10.0. The lowest BCUT2D eigenvalue weighted by Gasteiger charge is -2.27. The molecular formula is C23H26N2O3. The van der Waals surface area contributed by atoms with Crippen LogP contribution in [0.4, 0.5) is 0 Å². The van der Waals surface area contributed by atoms with Gasteiger partial charge in [0.2, 0.25) is 5.91 Å². The maximum absolute atomic E-state index is 13.3. The van der Waals surface area contributed by atoms with Crippen molar-refractivity contribution in [1.82, 2.24) is 10.2 Å². The second kappa shape index (κ2) is 7.76. The van der Waals surface area contributed by atoms with Gasteiger partial charge in [-0.05, 0) is 62.0 Å². The van der Waals surface area contributed by atoms with Crippen LogP contribution in [0.15, 0.2) is 54.6 Å². The van der Waals surface area contributed by atoms with E-state index in [4.69, 9.17) is 5.11 Å². The number of amides is 1. The second-order valence-corrected chi connectivity index (χ2v) is 7.91. The van der Waals surface area contributed by atoms with Gasteiger partial charge in [-0.25, -0.2) is 4.79 Å². The zero-order valence-electron chi connectivity index (χ0n) is 15.9. The maximum atomic E-state index is 13.3. The average molecular weight is 378 g/mol. The van der Waals surface area contributed by atoms with Crippen molar-refractivity contribution in [3.05, 3.63) is 71.3 Å². The number of carboxylic acids is 1. The Morgan fingerprint density at radius 2 is 1.64 bits per heavy atom. The number of nitrogens with zero attached hydrogens (tertiary/aromatic N) is 1. The number of nitrogens with one attached hydrogen (secondary N) is 1. The third-order valence-electron chi connectivity index (χ3n) is 6.02. The molecule has 2 fully saturated rings. The number of hydrogen-bond donors (Lipinski definition) is 2. The monoisotopic (exact) mass is 378 g/mol. The largest absolute Gasteiger partial charge is 0.478 e. The van der Waals surface area contributed by atoms with Crippen molar-refractivity contribution < 1.29 is 14.7 Å². The Hall–Kier alpha value is -2.66. The third kappa shape index (κ3) is 3.80. The van der Waals surface area contributed by atoms with Gasteiger partial charge in [-0.15, -0.1) is 0 Å². The van der Waals surface area contributed by atoms with Gasteiger partial charge >= 0.3 is 5.97 Å². The first-order valence-electron chi connectivity index (χ1n) is 10.0. The summed E-state index contributed by atoms with van der Waals surface area (Å²) in [7, 11) is 0. The number of carboxylic acid groups (broad SMARTS) is 1. The van der Waals surface area contributed by atoms with Gasteiger partial charge < -0.3 is 15.3 Å². The summed E-state index contributed by atoms with van der Waals surface area (Å²) < 4.78 is 0.